The standard InChI is InChI=1S/C12H17N5O3/c1-2-19-12(3-5-18-6-4-12)11-15-10(20-17-11)8-7-14-16-9(8)13/h7H,2-6H2,1H3,(H3,13,14,16). The van der Waals surface area contributed by atoms with Gasteiger partial charge in [0.25, 0.3) is 5.89 Å². The van der Waals surface area contributed by atoms with Gasteiger partial charge in [-0.05, 0) is 6.92 Å². The molecule has 0 unspecified atom stereocenters. The fraction of sp³-hybridized carbons (Fsp3) is 0.583. The molecule has 0 bridgehead atoms. The average molecular weight is 279 g/mol. The van der Waals surface area contributed by atoms with Crippen LogP contribution in [-0.4, -0.2) is 40.2 Å². The number of nitrogens with one attached hydrogen (secondary N) is 1. The van der Waals surface area contributed by atoms with E-state index in [1.807, 2.05) is 6.92 Å². The van der Waals surface area contributed by atoms with E-state index < -0.39 is 5.60 Å². The predicted molar refractivity (Wildman–Crippen MR) is 69.6 cm³/mol. The molecule has 1 fully saturated rings. The van der Waals surface area contributed by atoms with Crippen molar-refractivity contribution in [2.24, 2.45) is 0 Å². The number of nitrogens with two attached hydrogens (primary N) is 1. The SMILES string of the molecule is CCOC1(c2noc(-c3cn[nH]c3N)n2)CCOCC1. The average Bonchev–Trinajstić information content (AvgIpc) is 3.08. The molecule has 1 saturated heterocycles. The number of hydrogen-bond donors (Lipinski definition) is 2. The molecule has 3 N–H and O–H groups in total. The third-order valence-corrected chi connectivity index (χ3v) is 3.45. The minimum atomic E-state index is -0.534. The second-order valence-corrected chi connectivity index (χ2v) is 4.66. The molecule has 8 nitrogen and oxygen atoms in total. The molecular formula is C12H17N5O3. The highest BCUT2D eigenvalue weighted by molar-refractivity contribution is 5.65. The first kappa shape index (κ1) is 13.1. The van der Waals surface area contributed by atoms with Gasteiger partial charge in [0.05, 0.1) is 6.20 Å². The first-order chi connectivity index (χ1) is 9.75. The number of nitrogen functional groups attached to an aromatic ring is 1. The third-order valence-electron chi connectivity index (χ3n) is 3.45. The molecule has 0 atom stereocenters. The lowest BCUT2D eigenvalue weighted by Gasteiger charge is -2.33. The lowest BCUT2D eigenvalue weighted by Crippen LogP contribution is -2.37. The lowest BCUT2D eigenvalue weighted by molar-refractivity contribution is -0.118. The first-order valence-electron chi connectivity index (χ1n) is 6.60. The van der Waals surface area contributed by atoms with Gasteiger partial charge in [0.2, 0.25) is 5.82 Å². The molecule has 108 valence electrons. The summed E-state index contributed by atoms with van der Waals surface area (Å²) < 4.78 is 16.6. The van der Waals surface area contributed by atoms with Crippen molar-refractivity contribution in [3.63, 3.8) is 0 Å². The van der Waals surface area contributed by atoms with Crippen LogP contribution in [0.1, 0.15) is 25.6 Å². The number of ether oxygens (including phenoxy) is 2. The Morgan fingerprint density at radius 3 is 2.90 bits per heavy atom. The molecular weight excluding hydrogens is 262 g/mol. The van der Waals surface area contributed by atoms with Crippen LogP contribution in [0.3, 0.4) is 0 Å². The van der Waals surface area contributed by atoms with Gasteiger partial charge in [-0.2, -0.15) is 10.1 Å². The van der Waals surface area contributed by atoms with Gasteiger partial charge in [-0.15, -0.1) is 0 Å². The van der Waals surface area contributed by atoms with Crippen molar-refractivity contribution in [1.29, 1.82) is 0 Å². The van der Waals surface area contributed by atoms with Gasteiger partial charge in [0.1, 0.15) is 17.0 Å². The van der Waals surface area contributed by atoms with Crippen LogP contribution in [0.4, 0.5) is 5.82 Å². The fourth-order valence-corrected chi connectivity index (χ4v) is 2.39. The van der Waals surface area contributed by atoms with E-state index in [9.17, 15) is 0 Å². The van der Waals surface area contributed by atoms with Crippen LogP contribution in [0.2, 0.25) is 0 Å². The molecule has 3 heterocycles. The second kappa shape index (κ2) is 5.22. The number of aromatic amines is 1. The summed E-state index contributed by atoms with van der Waals surface area (Å²) in [5.74, 6) is 1.28. The zero-order valence-corrected chi connectivity index (χ0v) is 11.3. The molecule has 0 aromatic carbocycles. The maximum atomic E-state index is 5.90. The van der Waals surface area contributed by atoms with Crippen molar-refractivity contribution in [3.05, 3.63) is 12.0 Å². The zero-order chi connectivity index (χ0) is 14.0. The Labute approximate surface area is 115 Å². The topological polar surface area (TPSA) is 112 Å². The van der Waals surface area contributed by atoms with Gasteiger partial charge in [-0.25, -0.2) is 0 Å². The van der Waals surface area contributed by atoms with Crippen LogP contribution < -0.4 is 5.73 Å². The second-order valence-electron chi connectivity index (χ2n) is 4.66. The van der Waals surface area contributed by atoms with Gasteiger partial charge < -0.3 is 19.7 Å². The number of hydrogen-bond acceptors (Lipinski definition) is 7. The molecule has 8 heteroatoms. The number of nitrogens with zero attached hydrogens (tertiary/aromatic N) is 3. The Hall–Kier alpha value is -1.93. The molecule has 0 radical (unpaired) electrons. The monoisotopic (exact) mass is 279 g/mol. The van der Waals surface area contributed by atoms with Crippen molar-refractivity contribution in [3.8, 4) is 11.5 Å². The highest BCUT2D eigenvalue weighted by Gasteiger charge is 2.40. The van der Waals surface area contributed by atoms with E-state index in [0.29, 0.717) is 55.8 Å². The van der Waals surface area contributed by atoms with E-state index in [0.717, 1.165) is 0 Å². The van der Waals surface area contributed by atoms with E-state index >= 15 is 0 Å². The van der Waals surface area contributed by atoms with Crippen molar-refractivity contribution in [2.45, 2.75) is 25.4 Å². The van der Waals surface area contributed by atoms with E-state index in [1.54, 1.807) is 6.20 Å². The molecule has 2 aromatic heterocycles. The Kier molecular flexibility index (Phi) is 3.41. The fourth-order valence-electron chi connectivity index (χ4n) is 2.39. The Morgan fingerprint density at radius 1 is 1.45 bits per heavy atom. The van der Waals surface area contributed by atoms with Crippen LogP contribution in [0.5, 0.6) is 0 Å². The molecule has 2 aromatic rings. The van der Waals surface area contributed by atoms with Gasteiger partial charge >= 0.3 is 0 Å². The van der Waals surface area contributed by atoms with E-state index in [4.69, 9.17) is 19.7 Å². The smallest absolute Gasteiger partial charge is 0.263 e. The third kappa shape index (κ3) is 2.16. The summed E-state index contributed by atoms with van der Waals surface area (Å²) in [4.78, 5) is 4.43. The first-order valence-corrected chi connectivity index (χ1v) is 6.60. The summed E-state index contributed by atoms with van der Waals surface area (Å²) in [6.45, 7) is 3.78. The van der Waals surface area contributed by atoms with Gasteiger partial charge in [0.15, 0.2) is 0 Å². The number of rotatable bonds is 4. The Bertz CT molecular complexity index is 568. The summed E-state index contributed by atoms with van der Waals surface area (Å²) in [7, 11) is 0. The Balaban J connectivity index is 1.93. The molecule has 3 rings (SSSR count). The Morgan fingerprint density at radius 2 is 2.25 bits per heavy atom. The van der Waals surface area contributed by atoms with Crippen LogP contribution in [0.15, 0.2) is 10.7 Å². The summed E-state index contributed by atoms with van der Waals surface area (Å²) in [6, 6.07) is 0. The number of anilines is 1. The van der Waals surface area contributed by atoms with Crippen LogP contribution in [0.25, 0.3) is 11.5 Å². The predicted octanol–water partition coefficient (Wildman–Crippen LogP) is 1.08. The van der Waals surface area contributed by atoms with E-state index in [2.05, 4.69) is 20.3 Å². The van der Waals surface area contributed by atoms with E-state index in [-0.39, 0.29) is 0 Å². The number of H-pyrrole nitrogens is 1. The van der Waals surface area contributed by atoms with Crippen molar-refractivity contribution in [1.82, 2.24) is 20.3 Å². The highest BCUT2D eigenvalue weighted by Crippen LogP contribution is 2.35. The number of aromatic nitrogens is 4. The van der Waals surface area contributed by atoms with Gasteiger partial charge in [-0.3, -0.25) is 5.10 Å². The van der Waals surface area contributed by atoms with Gasteiger partial charge in [0, 0.05) is 32.7 Å². The molecule has 1 aliphatic rings. The lowest BCUT2D eigenvalue weighted by atomic mass is 9.93. The van der Waals surface area contributed by atoms with Gasteiger partial charge in [-0.1, -0.05) is 5.16 Å². The molecule has 1 aliphatic heterocycles. The van der Waals surface area contributed by atoms with Crippen molar-refractivity contribution < 1.29 is 14.0 Å². The van der Waals surface area contributed by atoms with E-state index in [1.165, 1.54) is 0 Å². The van der Waals surface area contributed by atoms with Crippen molar-refractivity contribution in [2.75, 3.05) is 25.6 Å². The molecule has 0 spiro atoms. The minimum absolute atomic E-state index is 0.344. The highest BCUT2D eigenvalue weighted by atomic mass is 16.5. The molecule has 20 heavy (non-hydrogen) atoms. The quantitative estimate of drug-likeness (QED) is 0.861. The zero-order valence-electron chi connectivity index (χ0n) is 11.3. The summed E-state index contributed by atoms with van der Waals surface area (Å²) in [5.41, 5.74) is 5.82. The summed E-state index contributed by atoms with van der Waals surface area (Å²) in [6.07, 6.45) is 2.98. The molecule has 0 saturated carbocycles. The minimum Gasteiger partial charge on any atom is -0.383 e. The largest absolute Gasteiger partial charge is 0.383 e. The van der Waals surface area contributed by atoms with Crippen LogP contribution in [0, 0.1) is 0 Å². The maximum absolute atomic E-state index is 5.90. The van der Waals surface area contributed by atoms with Crippen LogP contribution >= 0.6 is 0 Å². The molecule has 0 aliphatic carbocycles. The molecule has 0 amide bonds. The maximum Gasteiger partial charge on any atom is 0.263 e. The normalized spacial score (nSPS) is 18.2. The van der Waals surface area contributed by atoms with Crippen molar-refractivity contribution >= 4 is 5.82 Å². The summed E-state index contributed by atoms with van der Waals surface area (Å²) in [5, 5.41) is 10.5. The van der Waals surface area contributed by atoms with Crippen LogP contribution in [-0.2, 0) is 15.1 Å². The summed E-state index contributed by atoms with van der Waals surface area (Å²) >= 11 is 0.